The van der Waals surface area contributed by atoms with Gasteiger partial charge >= 0.3 is 0 Å². The number of aryl methyl sites for hydroxylation is 1. The van der Waals surface area contributed by atoms with Gasteiger partial charge in [0.1, 0.15) is 5.82 Å². The second-order valence-electron chi connectivity index (χ2n) is 5.73. The SMILES string of the molecule is Cc1cc(F)cc(NCc2ccc(N3CCCC3)cc2)c1. The molecule has 1 fully saturated rings. The van der Waals surface area contributed by atoms with Gasteiger partial charge in [0, 0.05) is 31.0 Å². The second kappa shape index (κ2) is 6.17. The van der Waals surface area contributed by atoms with Gasteiger partial charge in [-0.1, -0.05) is 12.1 Å². The Kier molecular flexibility index (Phi) is 4.09. The van der Waals surface area contributed by atoms with Crippen LogP contribution in [0.4, 0.5) is 15.8 Å². The second-order valence-corrected chi connectivity index (χ2v) is 5.73. The average Bonchev–Trinajstić information content (AvgIpc) is 2.99. The molecule has 1 saturated heterocycles. The Bertz CT molecular complexity index is 581. The van der Waals surface area contributed by atoms with Gasteiger partial charge in [0.05, 0.1) is 0 Å². The predicted octanol–water partition coefficient (Wildman–Crippen LogP) is 4.35. The molecule has 2 aromatic carbocycles. The Labute approximate surface area is 125 Å². The summed E-state index contributed by atoms with van der Waals surface area (Å²) in [5.74, 6) is -0.193. The van der Waals surface area contributed by atoms with Crippen molar-refractivity contribution in [3.63, 3.8) is 0 Å². The first kappa shape index (κ1) is 13.9. The molecule has 2 aromatic rings. The maximum absolute atomic E-state index is 13.3. The van der Waals surface area contributed by atoms with E-state index in [4.69, 9.17) is 0 Å². The standard InChI is InChI=1S/C18H21FN2/c1-14-10-16(19)12-17(11-14)20-13-15-4-6-18(7-5-15)21-8-2-3-9-21/h4-7,10-12,20H,2-3,8-9,13H2,1H3. The molecule has 1 heterocycles. The molecule has 1 aliphatic heterocycles. The fourth-order valence-corrected chi connectivity index (χ4v) is 2.84. The molecule has 2 nitrogen and oxygen atoms in total. The highest BCUT2D eigenvalue weighted by Gasteiger charge is 2.11. The molecule has 3 rings (SSSR count). The number of nitrogens with one attached hydrogen (secondary N) is 1. The van der Waals surface area contributed by atoms with Crippen molar-refractivity contribution in [3.05, 3.63) is 59.4 Å². The van der Waals surface area contributed by atoms with Crippen LogP contribution in [0.5, 0.6) is 0 Å². The van der Waals surface area contributed by atoms with Crippen LogP contribution in [0.15, 0.2) is 42.5 Å². The van der Waals surface area contributed by atoms with E-state index in [1.165, 1.54) is 49.3 Å². The van der Waals surface area contributed by atoms with Crippen molar-refractivity contribution in [2.45, 2.75) is 26.3 Å². The summed E-state index contributed by atoms with van der Waals surface area (Å²) < 4.78 is 13.3. The van der Waals surface area contributed by atoms with Crippen LogP contribution >= 0.6 is 0 Å². The molecular weight excluding hydrogens is 263 g/mol. The summed E-state index contributed by atoms with van der Waals surface area (Å²) in [6, 6.07) is 13.7. The van der Waals surface area contributed by atoms with Gasteiger partial charge in [-0.15, -0.1) is 0 Å². The van der Waals surface area contributed by atoms with Crippen molar-refractivity contribution in [1.82, 2.24) is 0 Å². The van der Waals surface area contributed by atoms with E-state index in [0.717, 1.165) is 11.3 Å². The molecule has 0 bridgehead atoms. The molecule has 21 heavy (non-hydrogen) atoms. The minimum atomic E-state index is -0.193. The molecule has 0 aromatic heterocycles. The minimum Gasteiger partial charge on any atom is -0.381 e. The number of anilines is 2. The predicted molar refractivity (Wildman–Crippen MR) is 86.4 cm³/mol. The summed E-state index contributed by atoms with van der Waals surface area (Å²) in [6.07, 6.45) is 2.59. The zero-order valence-electron chi connectivity index (χ0n) is 12.4. The number of benzene rings is 2. The lowest BCUT2D eigenvalue weighted by Crippen LogP contribution is -2.17. The van der Waals surface area contributed by atoms with Gasteiger partial charge in [-0.3, -0.25) is 0 Å². The third-order valence-corrected chi connectivity index (χ3v) is 3.95. The molecule has 0 unspecified atom stereocenters. The van der Waals surface area contributed by atoms with Crippen molar-refractivity contribution in [2.24, 2.45) is 0 Å². The minimum absolute atomic E-state index is 0.193. The molecule has 0 radical (unpaired) electrons. The lowest BCUT2D eigenvalue weighted by atomic mass is 10.1. The van der Waals surface area contributed by atoms with Gasteiger partial charge in [0.2, 0.25) is 0 Å². The zero-order valence-corrected chi connectivity index (χ0v) is 12.4. The topological polar surface area (TPSA) is 15.3 Å². The summed E-state index contributed by atoms with van der Waals surface area (Å²) in [6.45, 7) is 4.95. The summed E-state index contributed by atoms with van der Waals surface area (Å²) >= 11 is 0. The summed E-state index contributed by atoms with van der Waals surface area (Å²) in [7, 11) is 0. The van der Waals surface area contributed by atoms with E-state index in [9.17, 15) is 4.39 Å². The zero-order chi connectivity index (χ0) is 14.7. The summed E-state index contributed by atoms with van der Waals surface area (Å²) in [4.78, 5) is 2.42. The van der Waals surface area contributed by atoms with Gasteiger partial charge in [-0.2, -0.15) is 0 Å². The van der Waals surface area contributed by atoms with Crippen LogP contribution < -0.4 is 10.2 Å². The molecule has 3 heteroatoms. The van der Waals surface area contributed by atoms with Crippen molar-refractivity contribution in [3.8, 4) is 0 Å². The van der Waals surface area contributed by atoms with E-state index in [1.54, 1.807) is 0 Å². The van der Waals surface area contributed by atoms with Crippen LogP contribution in [0.3, 0.4) is 0 Å². The quantitative estimate of drug-likeness (QED) is 0.898. The fraction of sp³-hybridized carbons (Fsp3) is 0.333. The van der Waals surface area contributed by atoms with E-state index in [2.05, 4.69) is 34.5 Å². The molecular formula is C18H21FN2. The van der Waals surface area contributed by atoms with Gasteiger partial charge < -0.3 is 10.2 Å². The molecule has 110 valence electrons. The highest BCUT2D eigenvalue weighted by Crippen LogP contribution is 2.21. The molecule has 0 saturated carbocycles. The molecule has 1 N–H and O–H groups in total. The average molecular weight is 284 g/mol. The van der Waals surface area contributed by atoms with Crippen LogP contribution in [-0.2, 0) is 6.54 Å². The van der Waals surface area contributed by atoms with Crippen molar-refractivity contribution < 1.29 is 4.39 Å². The molecule has 0 aliphatic carbocycles. The maximum atomic E-state index is 13.3. The Morgan fingerprint density at radius 3 is 2.43 bits per heavy atom. The van der Waals surface area contributed by atoms with Crippen LogP contribution in [0, 0.1) is 12.7 Å². The number of hydrogen-bond acceptors (Lipinski definition) is 2. The van der Waals surface area contributed by atoms with Crippen molar-refractivity contribution >= 4 is 11.4 Å². The fourth-order valence-electron chi connectivity index (χ4n) is 2.84. The number of halogens is 1. The van der Waals surface area contributed by atoms with E-state index < -0.39 is 0 Å². The van der Waals surface area contributed by atoms with Gasteiger partial charge in [-0.05, 0) is 61.2 Å². The van der Waals surface area contributed by atoms with Crippen molar-refractivity contribution in [2.75, 3.05) is 23.3 Å². The molecule has 1 aliphatic rings. The smallest absolute Gasteiger partial charge is 0.125 e. The highest BCUT2D eigenvalue weighted by molar-refractivity contribution is 5.50. The first-order valence-electron chi connectivity index (χ1n) is 7.56. The van der Waals surface area contributed by atoms with E-state index >= 15 is 0 Å². The first-order chi connectivity index (χ1) is 10.2. The number of hydrogen-bond donors (Lipinski definition) is 1. The van der Waals surface area contributed by atoms with E-state index in [0.29, 0.717) is 6.54 Å². The largest absolute Gasteiger partial charge is 0.381 e. The maximum Gasteiger partial charge on any atom is 0.125 e. The Morgan fingerprint density at radius 2 is 1.76 bits per heavy atom. The highest BCUT2D eigenvalue weighted by atomic mass is 19.1. The Morgan fingerprint density at radius 1 is 1.05 bits per heavy atom. The third-order valence-electron chi connectivity index (χ3n) is 3.95. The van der Waals surface area contributed by atoms with Crippen LogP contribution in [-0.4, -0.2) is 13.1 Å². The monoisotopic (exact) mass is 284 g/mol. The van der Waals surface area contributed by atoms with Gasteiger partial charge in [0.15, 0.2) is 0 Å². The Hall–Kier alpha value is -2.03. The number of nitrogens with zero attached hydrogens (tertiary/aromatic N) is 1. The first-order valence-corrected chi connectivity index (χ1v) is 7.56. The lowest BCUT2D eigenvalue weighted by Gasteiger charge is -2.17. The normalized spacial score (nSPS) is 14.5. The molecule has 0 spiro atoms. The Balaban J connectivity index is 1.62. The molecule has 0 atom stereocenters. The molecule has 0 amide bonds. The van der Waals surface area contributed by atoms with Crippen LogP contribution in [0.2, 0.25) is 0 Å². The van der Waals surface area contributed by atoms with Crippen molar-refractivity contribution in [1.29, 1.82) is 0 Å². The summed E-state index contributed by atoms with van der Waals surface area (Å²) in [5, 5.41) is 3.28. The lowest BCUT2D eigenvalue weighted by molar-refractivity contribution is 0.627. The number of rotatable bonds is 4. The van der Waals surface area contributed by atoms with Gasteiger partial charge in [0.25, 0.3) is 0 Å². The third kappa shape index (κ3) is 3.54. The van der Waals surface area contributed by atoms with E-state index in [-0.39, 0.29) is 5.82 Å². The van der Waals surface area contributed by atoms with E-state index in [1.807, 2.05) is 13.0 Å². The van der Waals surface area contributed by atoms with Crippen LogP contribution in [0.1, 0.15) is 24.0 Å². The van der Waals surface area contributed by atoms with Gasteiger partial charge in [-0.25, -0.2) is 4.39 Å². The summed E-state index contributed by atoms with van der Waals surface area (Å²) in [5.41, 5.74) is 4.27. The van der Waals surface area contributed by atoms with Crippen LogP contribution in [0.25, 0.3) is 0 Å².